The van der Waals surface area contributed by atoms with E-state index in [9.17, 15) is 14.9 Å². The molecule has 1 heterocycles. The highest BCUT2D eigenvalue weighted by atomic mass is 16.6. The van der Waals surface area contributed by atoms with Gasteiger partial charge in [-0.05, 0) is 30.9 Å². The summed E-state index contributed by atoms with van der Waals surface area (Å²) in [6.07, 6.45) is 2.05. The predicted molar refractivity (Wildman–Crippen MR) is 75.0 cm³/mol. The minimum absolute atomic E-state index is 0.0394. The summed E-state index contributed by atoms with van der Waals surface area (Å²) in [7, 11) is 1.26. The van der Waals surface area contributed by atoms with Gasteiger partial charge in [-0.2, -0.15) is 0 Å². The lowest BCUT2D eigenvalue weighted by Crippen LogP contribution is -2.33. The molecule has 0 spiro atoms. The van der Waals surface area contributed by atoms with Gasteiger partial charge in [0.05, 0.1) is 17.6 Å². The average Bonchev–Trinajstić information content (AvgIpc) is 2.46. The van der Waals surface area contributed by atoms with Gasteiger partial charge in [0.25, 0.3) is 5.69 Å². The lowest BCUT2D eigenvalue weighted by molar-refractivity contribution is -0.384. The van der Waals surface area contributed by atoms with Crippen LogP contribution in [0.25, 0.3) is 0 Å². The molecule has 2 rings (SSSR count). The van der Waals surface area contributed by atoms with Crippen LogP contribution < -0.4 is 4.90 Å². The summed E-state index contributed by atoms with van der Waals surface area (Å²) in [5.74, 6) is 0.0894. The number of hydrogen-bond donors (Lipinski definition) is 0. The predicted octanol–water partition coefficient (Wildman–Crippen LogP) is 2.62. The molecule has 0 amide bonds. The van der Waals surface area contributed by atoms with E-state index in [1.54, 1.807) is 12.1 Å². The van der Waals surface area contributed by atoms with Crippen molar-refractivity contribution in [1.82, 2.24) is 0 Å². The molecule has 0 aliphatic carbocycles. The van der Waals surface area contributed by atoms with Crippen molar-refractivity contribution < 1.29 is 14.5 Å². The lowest BCUT2D eigenvalue weighted by Gasteiger charge is -2.31. The van der Waals surface area contributed by atoms with Crippen molar-refractivity contribution in [3.63, 3.8) is 0 Å². The van der Waals surface area contributed by atoms with Crippen molar-refractivity contribution in [2.24, 2.45) is 5.92 Å². The first-order valence-corrected chi connectivity index (χ1v) is 6.64. The van der Waals surface area contributed by atoms with Crippen molar-refractivity contribution in [3.05, 3.63) is 33.9 Å². The van der Waals surface area contributed by atoms with Crippen LogP contribution in [-0.4, -0.2) is 31.1 Å². The van der Waals surface area contributed by atoms with Crippen LogP contribution in [0.3, 0.4) is 0 Å². The number of piperidine rings is 1. The molecule has 1 aliphatic heterocycles. The fourth-order valence-electron chi connectivity index (χ4n) is 2.43. The van der Waals surface area contributed by atoms with E-state index in [0.29, 0.717) is 11.6 Å². The second kappa shape index (κ2) is 5.90. The summed E-state index contributed by atoms with van der Waals surface area (Å²) in [4.78, 5) is 24.2. The molecule has 6 heteroatoms. The van der Waals surface area contributed by atoms with Gasteiger partial charge in [0.15, 0.2) is 0 Å². The normalized spacial score (nSPS) is 16.0. The number of nitro groups is 1. The van der Waals surface area contributed by atoms with Gasteiger partial charge < -0.3 is 9.64 Å². The van der Waals surface area contributed by atoms with Crippen molar-refractivity contribution in [1.29, 1.82) is 0 Å². The number of nitro benzene ring substituents is 1. The second-order valence-electron chi connectivity index (χ2n) is 5.12. The molecule has 1 aliphatic rings. The Kier molecular flexibility index (Phi) is 4.22. The van der Waals surface area contributed by atoms with Crippen LogP contribution in [0.4, 0.5) is 11.4 Å². The molecule has 0 aromatic heterocycles. The zero-order valence-electron chi connectivity index (χ0n) is 11.7. The third-order valence-corrected chi connectivity index (χ3v) is 3.72. The Labute approximate surface area is 117 Å². The molecule has 0 saturated carbocycles. The van der Waals surface area contributed by atoms with Gasteiger partial charge in [-0.25, -0.2) is 4.79 Å². The quantitative estimate of drug-likeness (QED) is 0.483. The number of rotatable bonds is 3. The van der Waals surface area contributed by atoms with E-state index in [-0.39, 0.29) is 11.3 Å². The first kappa shape index (κ1) is 14.3. The molecule has 0 bridgehead atoms. The van der Waals surface area contributed by atoms with Gasteiger partial charge in [0, 0.05) is 19.2 Å². The van der Waals surface area contributed by atoms with Crippen LogP contribution in [0.15, 0.2) is 18.2 Å². The van der Waals surface area contributed by atoms with Crippen molar-refractivity contribution in [2.75, 3.05) is 25.1 Å². The topological polar surface area (TPSA) is 72.7 Å². The fourth-order valence-corrected chi connectivity index (χ4v) is 2.43. The molecule has 1 fully saturated rings. The molecule has 1 aromatic rings. The molecule has 0 unspecified atom stereocenters. The summed E-state index contributed by atoms with van der Waals surface area (Å²) < 4.78 is 4.60. The van der Waals surface area contributed by atoms with E-state index < -0.39 is 10.9 Å². The molecular formula is C14H18N2O4. The molecule has 0 atom stereocenters. The first-order chi connectivity index (χ1) is 9.52. The Hall–Kier alpha value is -2.11. The Morgan fingerprint density at radius 3 is 2.60 bits per heavy atom. The zero-order valence-corrected chi connectivity index (χ0v) is 11.7. The summed E-state index contributed by atoms with van der Waals surface area (Å²) in [6.45, 7) is 3.80. The van der Waals surface area contributed by atoms with Gasteiger partial charge in [-0.3, -0.25) is 10.1 Å². The highest BCUT2D eigenvalue weighted by Gasteiger charge is 2.24. The molecule has 108 valence electrons. The Morgan fingerprint density at radius 1 is 1.40 bits per heavy atom. The van der Waals surface area contributed by atoms with Crippen LogP contribution >= 0.6 is 0 Å². The maximum absolute atomic E-state index is 11.5. The van der Waals surface area contributed by atoms with Crippen LogP contribution in [0, 0.1) is 16.0 Å². The van der Waals surface area contributed by atoms with E-state index in [2.05, 4.69) is 11.7 Å². The van der Waals surface area contributed by atoms with Crippen molar-refractivity contribution in [3.8, 4) is 0 Å². The van der Waals surface area contributed by atoms with Crippen molar-refractivity contribution >= 4 is 17.3 Å². The number of methoxy groups -OCH3 is 1. The third kappa shape index (κ3) is 2.89. The molecule has 1 aromatic carbocycles. The largest absolute Gasteiger partial charge is 0.465 e. The van der Waals surface area contributed by atoms with E-state index in [1.807, 2.05) is 4.90 Å². The first-order valence-electron chi connectivity index (χ1n) is 6.64. The highest BCUT2D eigenvalue weighted by molar-refractivity contribution is 5.91. The number of ether oxygens (including phenoxy) is 1. The minimum Gasteiger partial charge on any atom is -0.465 e. The lowest BCUT2D eigenvalue weighted by atomic mass is 9.98. The Bertz CT molecular complexity index is 522. The van der Waals surface area contributed by atoms with E-state index in [1.165, 1.54) is 13.2 Å². The maximum Gasteiger partial charge on any atom is 0.338 e. The summed E-state index contributed by atoms with van der Waals surface area (Å²) in [5, 5.41) is 11.2. The Morgan fingerprint density at radius 2 is 2.05 bits per heavy atom. The number of carbonyl (C=O) groups is 1. The number of hydrogen-bond acceptors (Lipinski definition) is 5. The van der Waals surface area contributed by atoms with Gasteiger partial charge in [-0.1, -0.05) is 6.92 Å². The van der Waals surface area contributed by atoms with Gasteiger partial charge in [0.1, 0.15) is 5.69 Å². The Balaban J connectivity index is 2.33. The maximum atomic E-state index is 11.5. The minimum atomic E-state index is -0.563. The van der Waals surface area contributed by atoms with E-state index >= 15 is 0 Å². The van der Waals surface area contributed by atoms with Crippen LogP contribution in [-0.2, 0) is 4.74 Å². The molecule has 0 radical (unpaired) electrons. The molecular weight excluding hydrogens is 260 g/mol. The number of esters is 1. The molecule has 1 saturated heterocycles. The number of anilines is 1. The monoisotopic (exact) mass is 278 g/mol. The van der Waals surface area contributed by atoms with Gasteiger partial charge in [-0.15, -0.1) is 0 Å². The van der Waals surface area contributed by atoms with Crippen LogP contribution in [0.5, 0.6) is 0 Å². The SMILES string of the molecule is COC(=O)c1ccc(N2CCC(C)CC2)c([N+](=O)[O-])c1. The summed E-state index contributed by atoms with van der Waals surface area (Å²) in [5.41, 5.74) is 0.741. The molecule has 6 nitrogen and oxygen atoms in total. The highest BCUT2D eigenvalue weighted by Crippen LogP contribution is 2.32. The van der Waals surface area contributed by atoms with E-state index in [4.69, 9.17) is 0 Å². The van der Waals surface area contributed by atoms with E-state index in [0.717, 1.165) is 25.9 Å². The van der Waals surface area contributed by atoms with Gasteiger partial charge >= 0.3 is 5.97 Å². The third-order valence-electron chi connectivity index (χ3n) is 3.72. The van der Waals surface area contributed by atoms with Gasteiger partial charge in [0.2, 0.25) is 0 Å². The molecule has 20 heavy (non-hydrogen) atoms. The standard InChI is InChI=1S/C14H18N2O4/c1-10-5-7-15(8-6-10)12-4-3-11(14(17)20-2)9-13(12)16(18)19/h3-4,9-10H,5-8H2,1-2H3. The number of carbonyl (C=O) groups excluding carboxylic acids is 1. The number of nitrogens with zero attached hydrogens (tertiary/aromatic N) is 2. The second-order valence-corrected chi connectivity index (χ2v) is 5.12. The number of benzene rings is 1. The van der Waals surface area contributed by atoms with Crippen LogP contribution in [0.1, 0.15) is 30.1 Å². The summed E-state index contributed by atoms with van der Waals surface area (Å²) >= 11 is 0. The summed E-state index contributed by atoms with van der Waals surface area (Å²) in [6, 6.07) is 4.51. The fraction of sp³-hybridized carbons (Fsp3) is 0.500. The van der Waals surface area contributed by atoms with Crippen LogP contribution in [0.2, 0.25) is 0 Å². The van der Waals surface area contributed by atoms with Crippen molar-refractivity contribution in [2.45, 2.75) is 19.8 Å². The average molecular weight is 278 g/mol. The molecule has 0 N–H and O–H groups in total. The zero-order chi connectivity index (χ0) is 14.7. The smallest absolute Gasteiger partial charge is 0.338 e.